The highest BCUT2D eigenvalue weighted by Gasteiger charge is 2.51. The minimum absolute atomic E-state index is 0.0184. The van der Waals surface area contributed by atoms with Crippen molar-refractivity contribution in [3.05, 3.63) is 29.3 Å². The first kappa shape index (κ1) is 20.0. The van der Waals surface area contributed by atoms with Crippen molar-refractivity contribution in [2.24, 2.45) is 17.8 Å². The van der Waals surface area contributed by atoms with Gasteiger partial charge in [-0.15, -0.1) is 11.3 Å². The van der Waals surface area contributed by atoms with Gasteiger partial charge in [0, 0.05) is 12.0 Å². The van der Waals surface area contributed by atoms with E-state index in [1.54, 1.807) is 11.3 Å². The average molecular weight is 427 g/mol. The second-order valence-corrected chi connectivity index (χ2v) is 10.8. The van der Waals surface area contributed by atoms with E-state index in [-0.39, 0.29) is 24.0 Å². The molecule has 4 fully saturated rings. The predicted octanol–water partition coefficient (Wildman–Crippen LogP) is 4.64. The van der Waals surface area contributed by atoms with E-state index in [2.05, 4.69) is 16.4 Å². The Morgan fingerprint density at radius 3 is 2.47 bits per heavy atom. The van der Waals surface area contributed by atoms with Crippen LogP contribution in [0.5, 0.6) is 0 Å². The standard InChI is InChI=1S/C24H30N2O3S/c27-21(26-24-12-16-9-17(13-24)11-18(10-16)14-24)15-29-23(28)8-4-3-7-22-25-19-5-1-2-6-20(19)30-22/h1-2,5-6,16-18H,3-4,7-15H2,(H,26,27). The largest absolute Gasteiger partial charge is 0.456 e. The summed E-state index contributed by atoms with van der Waals surface area (Å²) in [6, 6.07) is 8.14. The van der Waals surface area contributed by atoms with Gasteiger partial charge < -0.3 is 10.1 Å². The molecule has 5 nitrogen and oxygen atoms in total. The number of thiazole rings is 1. The van der Waals surface area contributed by atoms with Crippen LogP contribution in [0.1, 0.15) is 62.8 Å². The molecule has 0 saturated heterocycles. The van der Waals surface area contributed by atoms with Crippen LogP contribution in [0.3, 0.4) is 0 Å². The lowest BCUT2D eigenvalue weighted by Crippen LogP contribution is -2.60. The van der Waals surface area contributed by atoms with Crippen molar-refractivity contribution in [3.8, 4) is 0 Å². The highest BCUT2D eigenvalue weighted by molar-refractivity contribution is 7.18. The summed E-state index contributed by atoms with van der Waals surface area (Å²) in [5, 5.41) is 4.37. The molecule has 1 aromatic heterocycles. The van der Waals surface area contributed by atoms with Crippen molar-refractivity contribution < 1.29 is 14.3 Å². The van der Waals surface area contributed by atoms with Crippen molar-refractivity contribution >= 4 is 33.4 Å². The molecule has 1 aromatic carbocycles. The Kier molecular flexibility index (Phi) is 5.52. The van der Waals surface area contributed by atoms with Crippen molar-refractivity contribution in [1.29, 1.82) is 0 Å². The monoisotopic (exact) mass is 426 g/mol. The second kappa shape index (κ2) is 8.29. The fourth-order valence-corrected chi connectivity index (χ4v) is 7.40. The Hall–Kier alpha value is -1.95. The number of hydrogen-bond donors (Lipinski definition) is 1. The lowest BCUT2D eigenvalue weighted by atomic mass is 9.53. The van der Waals surface area contributed by atoms with Gasteiger partial charge in [0.05, 0.1) is 15.2 Å². The number of nitrogens with zero attached hydrogens (tertiary/aromatic N) is 1. The van der Waals surface area contributed by atoms with E-state index in [0.29, 0.717) is 6.42 Å². The fraction of sp³-hybridized carbons (Fsp3) is 0.625. The number of nitrogens with one attached hydrogen (secondary N) is 1. The molecule has 160 valence electrons. The van der Waals surface area contributed by atoms with Gasteiger partial charge in [-0.1, -0.05) is 12.1 Å². The van der Waals surface area contributed by atoms with Crippen LogP contribution in [-0.4, -0.2) is 29.0 Å². The molecule has 6 heteroatoms. The zero-order chi connectivity index (χ0) is 20.6. The number of ether oxygens (including phenoxy) is 1. The molecule has 30 heavy (non-hydrogen) atoms. The summed E-state index contributed by atoms with van der Waals surface area (Å²) in [6.07, 6.45) is 10.3. The van der Waals surface area contributed by atoms with E-state index in [9.17, 15) is 9.59 Å². The third kappa shape index (κ3) is 4.39. The third-order valence-corrected chi connectivity index (χ3v) is 8.26. The average Bonchev–Trinajstić information content (AvgIpc) is 3.11. The molecule has 2 aromatic rings. The number of esters is 1. The third-order valence-electron chi connectivity index (χ3n) is 7.17. The number of para-hydroxylation sites is 1. The molecular weight excluding hydrogens is 396 g/mol. The number of hydrogen-bond acceptors (Lipinski definition) is 5. The van der Waals surface area contributed by atoms with Crippen LogP contribution in [-0.2, 0) is 20.7 Å². The smallest absolute Gasteiger partial charge is 0.306 e. The molecule has 4 saturated carbocycles. The van der Waals surface area contributed by atoms with Gasteiger partial charge in [-0.2, -0.15) is 0 Å². The SMILES string of the molecule is O=C(COC(=O)CCCCc1nc2ccccc2s1)NC12CC3CC(CC(C3)C1)C2. The fourth-order valence-electron chi connectivity index (χ4n) is 6.39. The first-order chi connectivity index (χ1) is 14.6. The maximum atomic E-state index is 12.4. The van der Waals surface area contributed by atoms with Gasteiger partial charge in [0.15, 0.2) is 6.61 Å². The molecule has 0 radical (unpaired) electrons. The zero-order valence-corrected chi connectivity index (χ0v) is 18.2. The normalized spacial score (nSPS) is 29.3. The summed E-state index contributed by atoms with van der Waals surface area (Å²) in [4.78, 5) is 29.1. The maximum absolute atomic E-state index is 12.4. The van der Waals surface area contributed by atoms with Crippen LogP contribution >= 0.6 is 11.3 Å². The van der Waals surface area contributed by atoms with Crippen molar-refractivity contribution in [1.82, 2.24) is 10.3 Å². The molecule has 0 atom stereocenters. The molecule has 4 aliphatic carbocycles. The quantitative estimate of drug-likeness (QED) is 0.493. The number of unbranched alkanes of at least 4 members (excludes halogenated alkanes) is 1. The van der Waals surface area contributed by atoms with Gasteiger partial charge in [0.2, 0.25) is 0 Å². The van der Waals surface area contributed by atoms with Crippen LogP contribution in [0.15, 0.2) is 24.3 Å². The van der Waals surface area contributed by atoms with Crippen LogP contribution in [0.4, 0.5) is 0 Å². The van der Waals surface area contributed by atoms with Gasteiger partial charge in [-0.3, -0.25) is 9.59 Å². The number of aromatic nitrogens is 1. The number of benzene rings is 1. The van der Waals surface area contributed by atoms with Gasteiger partial charge in [-0.25, -0.2) is 4.98 Å². The summed E-state index contributed by atoms with van der Waals surface area (Å²) in [5.41, 5.74) is 1.03. The lowest BCUT2D eigenvalue weighted by molar-refractivity contribution is -0.150. The molecule has 1 N–H and O–H groups in total. The summed E-state index contributed by atoms with van der Waals surface area (Å²) in [5.74, 6) is 1.96. The highest BCUT2D eigenvalue weighted by atomic mass is 32.1. The lowest BCUT2D eigenvalue weighted by Gasteiger charge is -2.56. The van der Waals surface area contributed by atoms with Crippen molar-refractivity contribution in [2.75, 3.05) is 6.61 Å². The number of rotatable bonds is 8. The Balaban J connectivity index is 1.01. The van der Waals surface area contributed by atoms with E-state index >= 15 is 0 Å². The Morgan fingerprint density at radius 2 is 1.77 bits per heavy atom. The van der Waals surface area contributed by atoms with Gasteiger partial charge >= 0.3 is 5.97 Å². The number of carbonyl (C=O) groups is 2. The highest BCUT2D eigenvalue weighted by Crippen LogP contribution is 2.55. The number of carbonyl (C=O) groups excluding carboxylic acids is 2. The van der Waals surface area contributed by atoms with E-state index in [1.165, 1.54) is 24.0 Å². The zero-order valence-electron chi connectivity index (χ0n) is 17.4. The summed E-state index contributed by atoms with van der Waals surface area (Å²) in [6.45, 7) is -0.140. The first-order valence-electron chi connectivity index (χ1n) is 11.4. The van der Waals surface area contributed by atoms with Crippen LogP contribution < -0.4 is 5.32 Å². The van der Waals surface area contributed by atoms with Crippen LogP contribution in [0.25, 0.3) is 10.2 Å². The minimum Gasteiger partial charge on any atom is -0.456 e. The Morgan fingerprint density at radius 1 is 1.07 bits per heavy atom. The number of aryl methyl sites for hydroxylation is 1. The summed E-state index contributed by atoms with van der Waals surface area (Å²) >= 11 is 1.72. The summed E-state index contributed by atoms with van der Waals surface area (Å²) < 4.78 is 6.46. The molecule has 0 spiro atoms. The number of amides is 1. The van der Waals surface area contributed by atoms with Crippen LogP contribution in [0.2, 0.25) is 0 Å². The molecular formula is C24H30N2O3S. The molecule has 6 rings (SSSR count). The van der Waals surface area contributed by atoms with Crippen LogP contribution in [0, 0.1) is 17.8 Å². The molecule has 0 aliphatic heterocycles. The second-order valence-electron chi connectivity index (χ2n) is 9.69. The Bertz CT molecular complexity index is 869. The van der Waals surface area contributed by atoms with Crippen molar-refractivity contribution in [2.45, 2.75) is 69.7 Å². The first-order valence-corrected chi connectivity index (χ1v) is 12.2. The van der Waals surface area contributed by atoms with Gasteiger partial charge in [-0.05, 0) is 87.7 Å². The molecule has 1 heterocycles. The number of fused-ring (bicyclic) bond motifs is 1. The molecule has 0 unspecified atom stereocenters. The summed E-state index contributed by atoms with van der Waals surface area (Å²) in [7, 11) is 0. The van der Waals surface area contributed by atoms with Crippen molar-refractivity contribution in [3.63, 3.8) is 0 Å². The minimum atomic E-state index is -0.278. The molecule has 1 amide bonds. The maximum Gasteiger partial charge on any atom is 0.306 e. The molecule has 4 bridgehead atoms. The van der Waals surface area contributed by atoms with E-state index in [1.807, 2.05) is 18.2 Å². The molecule has 4 aliphatic rings. The topological polar surface area (TPSA) is 68.3 Å². The van der Waals surface area contributed by atoms with Gasteiger partial charge in [0.25, 0.3) is 5.91 Å². The van der Waals surface area contributed by atoms with E-state index in [0.717, 1.165) is 66.8 Å². The van der Waals surface area contributed by atoms with E-state index < -0.39 is 0 Å². The Labute approximate surface area is 181 Å². The predicted molar refractivity (Wildman–Crippen MR) is 117 cm³/mol. The van der Waals surface area contributed by atoms with E-state index in [4.69, 9.17) is 4.74 Å². The van der Waals surface area contributed by atoms with Gasteiger partial charge in [0.1, 0.15) is 0 Å².